The molecule has 6 heteroatoms. The van der Waals surface area contributed by atoms with Gasteiger partial charge in [-0.05, 0) is 46.9 Å². The number of carbonyl (C=O) groups excluding carboxylic acids is 1. The number of aromatic nitrogens is 2. The van der Waals surface area contributed by atoms with Crippen LogP contribution >= 0.6 is 0 Å². The highest BCUT2D eigenvalue weighted by Gasteiger charge is 2.13. The van der Waals surface area contributed by atoms with Crippen LogP contribution in [0.1, 0.15) is 42.4 Å². The van der Waals surface area contributed by atoms with Gasteiger partial charge in [0.25, 0.3) is 5.91 Å². The molecule has 0 unspecified atom stereocenters. The van der Waals surface area contributed by atoms with Gasteiger partial charge in [-0.2, -0.15) is 10.2 Å². The Bertz CT molecular complexity index is 965. The zero-order valence-electron chi connectivity index (χ0n) is 16.5. The third-order valence-electron chi connectivity index (χ3n) is 4.36. The Morgan fingerprint density at radius 1 is 1.11 bits per heavy atom. The standard InChI is InChI=1S/C22H24N4O2/c1-22(2,3)17-9-5-15(6-10-17)14-23-26-21(27)20-13-19(24-25-20)16-7-11-18(28-4)12-8-16/h5-14H,1-4H3,(H,24,25)(H,26,27)/b23-14-. The monoisotopic (exact) mass is 376 g/mol. The van der Waals surface area contributed by atoms with E-state index in [0.717, 1.165) is 16.9 Å². The fourth-order valence-electron chi connectivity index (χ4n) is 2.64. The lowest BCUT2D eigenvalue weighted by Gasteiger charge is -2.18. The number of amides is 1. The lowest BCUT2D eigenvalue weighted by Crippen LogP contribution is -2.18. The molecule has 0 aliphatic rings. The van der Waals surface area contributed by atoms with Gasteiger partial charge in [-0.15, -0.1) is 0 Å². The van der Waals surface area contributed by atoms with Crippen LogP contribution in [0.15, 0.2) is 59.7 Å². The minimum Gasteiger partial charge on any atom is -0.497 e. The average molecular weight is 376 g/mol. The first kappa shape index (κ1) is 19.4. The predicted molar refractivity (Wildman–Crippen MR) is 111 cm³/mol. The lowest BCUT2D eigenvalue weighted by molar-refractivity contribution is 0.0950. The zero-order chi connectivity index (χ0) is 20.1. The van der Waals surface area contributed by atoms with Gasteiger partial charge >= 0.3 is 0 Å². The molecule has 0 aliphatic heterocycles. The zero-order valence-corrected chi connectivity index (χ0v) is 16.5. The number of benzene rings is 2. The van der Waals surface area contributed by atoms with Gasteiger partial charge in [0.2, 0.25) is 0 Å². The van der Waals surface area contributed by atoms with E-state index in [9.17, 15) is 4.79 Å². The smallest absolute Gasteiger partial charge is 0.289 e. The minimum atomic E-state index is -0.352. The van der Waals surface area contributed by atoms with Crippen molar-refractivity contribution in [3.05, 3.63) is 71.4 Å². The van der Waals surface area contributed by atoms with E-state index in [1.165, 1.54) is 5.56 Å². The highest BCUT2D eigenvalue weighted by atomic mass is 16.5. The second-order valence-electron chi connectivity index (χ2n) is 7.47. The van der Waals surface area contributed by atoms with Gasteiger partial charge in [-0.3, -0.25) is 9.89 Å². The van der Waals surface area contributed by atoms with Crippen molar-refractivity contribution in [1.29, 1.82) is 0 Å². The summed E-state index contributed by atoms with van der Waals surface area (Å²) in [7, 11) is 1.62. The molecule has 0 aliphatic carbocycles. The number of hydrogen-bond acceptors (Lipinski definition) is 4. The summed E-state index contributed by atoms with van der Waals surface area (Å²) < 4.78 is 5.14. The summed E-state index contributed by atoms with van der Waals surface area (Å²) in [5, 5.41) is 10.9. The Kier molecular flexibility index (Phi) is 5.59. The van der Waals surface area contributed by atoms with Gasteiger partial charge in [-0.1, -0.05) is 45.0 Å². The number of rotatable bonds is 5. The predicted octanol–water partition coefficient (Wildman–Crippen LogP) is 4.15. The first-order valence-corrected chi connectivity index (χ1v) is 9.00. The van der Waals surface area contributed by atoms with Crippen LogP contribution in [0.2, 0.25) is 0 Å². The molecule has 0 atom stereocenters. The maximum Gasteiger partial charge on any atom is 0.289 e. The third kappa shape index (κ3) is 4.65. The van der Waals surface area contributed by atoms with Crippen LogP contribution in [0.3, 0.4) is 0 Å². The molecule has 0 saturated heterocycles. The highest BCUT2D eigenvalue weighted by molar-refractivity contribution is 5.94. The fraction of sp³-hybridized carbons (Fsp3) is 0.227. The summed E-state index contributed by atoms with van der Waals surface area (Å²) in [4.78, 5) is 12.2. The van der Waals surface area contributed by atoms with Crippen LogP contribution in [0.5, 0.6) is 5.75 Å². The molecule has 0 radical (unpaired) electrons. The maximum atomic E-state index is 12.2. The summed E-state index contributed by atoms with van der Waals surface area (Å²) in [6.45, 7) is 6.50. The van der Waals surface area contributed by atoms with E-state index in [1.807, 2.05) is 36.4 Å². The van der Waals surface area contributed by atoms with Gasteiger partial charge in [0.1, 0.15) is 11.4 Å². The number of aromatic amines is 1. The first-order valence-electron chi connectivity index (χ1n) is 9.00. The molecule has 28 heavy (non-hydrogen) atoms. The molecule has 144 valence electrons. The summed E-state index contributed by atoms with van der Waals surface area (Å²) in [5.74, 6) is 0.414. The number of ether oxygens (including phenoxy) is 1. The number of methoxy groups -OCH3 is 1. The second-order valence-corrected chi connectivity index (χ2v) is 7.47. The van der Waals surface area contributed by atoms with Gasteiger partial charge in [0.15, 0.2) is 0 Å². The van der Waals surface area contributed by atoms with Crippen LogP contribution in [0, 0.1) is 0 Å². The largest absolute Gasteiger partial charge is 0.497 e. The Morgan fingerprint density at radius 2 is 1.79 bits per heavy atom. The Hall–Kier alpha value is -3.41. The van der Waals surface area contributed by atoms with Crippen molar-refractivity contribution in [3.63, 3.8) is 0 Å². The molecule has 0 spiro atoms. The van der Waals surface area contributed by atoms with E-state index in [-0.39, 0.29) is 11.3 Å². The van der Waals surface area contributed by atoms with Crippen LogP contribution in [0.25, 0.3) is 11.3 Å². The normalized spacial score (nSPS) is 11.6. The molecule has 6 nitrogen and oxygen atoms in total. The van der Waals surface area contributed by atoms with Crippen molar-refractivity contribution in [3.8, 4) is 17.0 Å². The van der Waals surface area contributed by atoms with Crippen LogP contribution in [-0.4, -0.2) is 29.4 Å². The van der Waals surface area contributed by atoms with E-state index < -0.39 is 0 Å². The van der Waals surface area contributed by atoms with Gasteiger partial charge in [0.05, 0.1) is 19.0 Å². The molecule has 3 rings (SSSR count). The number of hydrogen-bond donors (Lipinski definition) is 2. The summed E-state index contributed by atoms with van der Waals surface area (Å²) >= 11 is 0. The number of nitrogens with one attached hydrogen (secondary N) is 2. The molecule has 3 aromatic rings. The highest BCUT2D eigenvalue weighted by Crippen LogP contribution is 2.22. The number of carbonyl (C=O) groups is 1. The number of H-pyrrole nitrogens is 1. The Balaban J connectivity index is 1.62. The molecule has 0 bridgehead atoms. The molecule has 0 saturated carbocycles. The topological polar surface area (TPSA) is 79.4 Å². The SMILES string of the molecule is COc1ccc(-c2cc(C(=O)N/N=C\c3ccc(C(C)(C)C)cc3)[nH]n2)cc1. The molecule has 1 heterocycles. The van der Waals surface area contributed by atoms with Crippen molar-refractivity contribution in [2.45, 2.75) is 26.2 Å². The van der Waals surface area contributed by atoms with E-state index in [4.69, 9.17) is 4.74 Å². The lowest BCUT2D eigenvalue weighted by atomic mass is 9.87. The molecule has 0 fully saturated rings. The van der Waals surface area contributed by atoms with Gasteiger partial charge in [0, 0.05) is 5.56 Å². The van der Waals surface area contributed by atoms with Gasteiger partial charge < -0.3 is 4.74 Å². The summed E-state index contributed by atoms with van der Waals surface area (Å²) in [6, 6.07) is 17.2. The van der Waals surface area contributed by atoms with Gasteiger partial charge in [-0.25, -0.2) is 5.43 Å². The van der Waals surface area contributed by atoms with Crippen molar-refractivity contribution in [1.82, 2.24) is 15.6 Å². The Labute approximate surface area is 164 Å². The summed E-state index contributed by atoms with van der Waals surface area (Å²) in [5.41, 5.74) is 6.68. The van der Waals surface area contributed by atoms with Crippen LogP contribution < -0.4 is 10.2 Å². The quantitative estimate of drug-likeness (QED) is 0.519. The molecule has 2 aromatic carbocycles. The molecule has 2 N–H and O–H groups in total. The first-order chi connectivity index (χ1) is 13.4. The molecular weight excluding hydrogens is 352 g/mol. The molecule has 1 amide bonds. The third-order valence-corrected chi connectivity index (χ3v) is 4.36. The van der Waals surface area contributed by atoms with Crippen molar-refractivity contribution in [2.24, 2.45) is 5.10 Å². The minimum absolute atomic E-state index is 0.103. The maximum absolute atomic E-state index is 12.2. The van der Waals surface area contributed by atoms with E-state index in [1.54, 1.807) is 19.4 Å². The van der Waals surface area contributed by atoms with Crippen molar-refractivity contribution >= 4 is 12.1 Å². The Morgan fingerprint density at radius 3 is 2.39 bits per heavy atom. The number of hydrazone groups is 1. The van der Waals surface area contributed by atoms with Crippen molar-refractivity contribution < 1.29 is 9.53 Å². The van der Waals surface area contributed by atoms with E-state index in [2.05, 4.69) is 53.6 Å². The van der Waals surface area contributed by atoms with Crippen molar-refractivity contribution in [2.75, 3.05) is 7.11 Å². The van der Waals surface area contributed by atoms with Crippen LogP contribution in [0.4, 0.5) is 0 Å². The molecule has 1 aromatic heterocycles. The second kappa shape index (κ2) is 8.08. The summed E-state index contributed by atoms with van der Waals surface area (Å²) in [6.07, 6.45) is 1.62. The molecular formula is C22H24N4O2. The van der Waals surface area contributed by atoms with Crippen LogP contribution in [-0.2, 0) is 5.41 Å². The van der Waals surface area contributed by atoms with E-state index >= 15 is 0 Å². The fourth-order valence-corrected chi connectivity index (χ4v) is 2.64. The number of nitrogens with zero attached hydrogens (tertiary/aromatic N) is 2. The average Bonchev–Trinajstić information content (AvgIpc) is 3.18. The van der Waals surface area contributed by atoms with E-state index in [0.29, 0.717) is 11.4 Å².